The number of esters is 1. The Morgan fingerprint density at radius 2 is 1.80 bits per heavy atom. The van der Waals surface area contributed by atoms with Crippen LogP contribution >= 0.6 is 0 Å². The second-order valence-electron chi connectivity index (χ2n) is 7.56. The highest BCUT2D eigenvalue weighted by Crippen LogP contribution is 2.29. The number of phenolic OH excluding ortho intramolecular Hbond substituents is 1. The average molecular weight is 424 g/mol. The fourth-order valence-corrected chi connectivity index (χ4v) is 3.62. The van der Waals surface area contributed by atoms with E-state index in [2.05, 4.69) is 0 Å². The molecule has 0 unspecified atom stereocenters. The van der Waals surface area contributed by atoms with Crippen LogP contribution in [0.5, 0.6) is 5.75 Å². The van der Waals surface area contributed by atoms with E-state index in [1.165, 1.54) is 18.2 Å². The van der Waals surface area contributed by atoms with Gasteiger partial charge in [-0.2, -0.15) is 0 Å². The number of aliphatic hydroxyl groups is 4. The predicted octanol–water partition coefficient (Wildman–Crippen LogP) is 0.0763. The fourth-order valence-electron chi connectivity index (χ4n) is 3.62. The molecule has 166 valence electrons. The molecule has 0 bridgehead atoms. The van der Waals surface area contributed by atoms with E-state index < -0.39 is 55.5 Å². The van der Waals surface area contributed by atoms with E-state index in [-0.39, 0.29) is 5.75 Å². The Bertz CT molecular complexity index is 720. The lowest BCUT2D eigenvalue weighted by Crippen LogP contribution is -2.61. The van der Waals surface area contributed by atoms with Gasteiger partial charge in [-0.3, -0.25) is 0 Å². The molecule has 5 N–H and O–H groups in total. The monoisotopic (exact) mass is 424 g/mol. The first-order valence-corrected chi connectivity index (χ1v) is 10.0. The number of aliphatic hydroxyl groups excluding tert-OH is 4. The number of rotatable bonds is 6. The molecule has 0 aromatic heterocycles. The van der Waals surface area contributed by atoms with E-state index in [0.717, 1.165) is 18.9 Å². The summed E-state index contributed by atoms with van der Waals surface area (Å²) in [6.07, 6.45) is -2.59. The SMILES string of the molecule is O=C(/C=C\c1ccc(O)cc1)O[C@@H]1[C@H](O[C@@H]2CCCC[C@@H]2O)O[C@H](CO)[C@@H](O)[C@H]1O. The number of carbonyl (C=O) groups excluding carboxylic acids is 1. The Morgan fingerprint density at radius 1 is 1.10 bits per heavy atom. The molecule has 1 aliphatic heterocycles. The van der Waals surface area contributed by atoms with Gasteiger partial charge in [0.2, 0.25) is 0 Å². The summed E-state index contributed by atoms with van der Waals surface area (Å²) in [5.41, 5.74) is 0.642. The highest BCUT2D eigenvalue weighted by molar-refractivity contribution is 5.87. The third-order valence-electron chi connectivity index (χ3n) is 5.36. The fraction of sp³-hybridized carbons (Fsp3) is 0.571. The molecular weight excluding hydrogens is 396 g/mol. The van der Waals surface area contributed by atoms with Gasteiger partial charge in [-0.05, 0) is 36.6 Å². The highest BCUT2D eigenvalue weighted by Gasteiger charge is 2.48. The molecule has 1 aromatic rings. The molecule has 1 heterocycles. The van der Waals surface area contributed by atoms with Gasteiger partial charge in [-0.1, -0.05) is 25.0 Å². The van der Waals surface area contributed by atoms with Crippen molar-refractivity contribution < 1.29 is 44.5 Å². The molecule has 1 saturated carbocycles. The number of carbonyl (C=O) groups is 1. The van der Waals surface area contributed by atoms with Crippen molar-refractivity contribution in [2.24, 2.45) is 0 Å². The van der Waals surface area contributed by atoms with E-state index in [1.54, 1.807) is 12.1 Å². The number of ether oxygens (including phenoxy) is 3. The van der Waals surface area contributed by atoms with Crippen LogP contribution in [-0.2, 0) is 19.0 Å². The van der Waals surface area contributed by atoms with Crippen molar-refractivity contribution in [1.29, 1.82) is 0 Å². The number of benzene rings is 1. The van der Waals surface area contributed by atoms with Gasteiger partial charge in [0.1, 0.15) is 24.1 Å². The van der Waals surface area contributed by atoms with Crippen LogP contribution in [0.3, 0.4) is 0 Å². The van der Waals surface area contributed by atoms with E-state index in [9.17, 15) is 30.3 Å². The zero-order valence-corrected chi connectivity index (χ0v) is 16.4. The lowest BCUT2D eigenvalue weighted by molar-refractivity contribution is -0.320. The minimum absolute atomic E-state index is 0.0921. The van der Waals surface area contributed by atoms with Gasteiger partial charge in [-0.15, -0.1) is 0 Å². The molecule has 9 nitrogen and oxygen atoms in total. The molecule has 2 aliphatic rings. The van der Waals surface area contributed by atoms with E-state index in [0.29, 0.717) is 18.4 Å². The summed E-state index contributed by atoms with van der Waals surface area (Å²) < 4.78 is 16.6. The Balaban J connectivity index is 1.70. The third kappa shape index (κ3) is 5.57. The minimum atomic E-state index is -1.55. The molecular formula is C21H28O9. The molecule has 9 heteroatoms. The Kier molecular flexibility index (Phi) is 7.81. The first-order chi connectivity index (χ1) is 14.4. The van der Waals surface area contributed by atoms with Gasteiger partial charge in [0.05, 0.1) is 18.8 Å². The van der Waals surface area contributed by atoms with Crippen molar-refractivity contribution >= 4 is 12.0 Å². The third-order valence-corrected chi connectivity index (χ3v) is 5.36. The first kappa shape index (κ1) is 22.7. The van der Waals surface area contributed by atoms with Gasteiger partial charge in [0.15, 0.2) is 12.4 Å². The standard InChI is InChI=1S/C21H28O9/c22-11-16-18(26)19(27)20(21(29-16)28-15-4-2-1-3-14(15)24)30-17(25)10-7-12-5-8-13(23)9-6-12/h5-10,14-16,18-24,26-27H,1-4,11H2/b10-7-/t14-,15+,16+,18+,19+,20-,21+/m0/s1. The first-order valence-electron chi connectivity index (χ1n) is 10.0. The molecule has 0 radical (unpaired) electrons. The molecule has 2 fully saturated rings. The number of aromatic hydroxyl groups is 1. The van der Waals surface area contributed by atoms with Crippen LogP contribution in [-0.4, -0.2) is 81.0 Å². The van der Waals surface area contributed by atoms with Gasteiger partial charge in [0.25, 0.3) is 0 Å². The Morgan fingerprint density at radius 3 is 2.47 bits per heavy atom. The predicted molar refractivity (Wildman–Crippen MR) is 104 cm³/mol. The highest BCUT2D eigenvalue weighted by atomic mass is 16.7. The van der Waals surface area contributed by atoms with Crippen molar-refractivity contribution in [1.82, 2.24) is 0 Å². The summed E-state index contributed by atoms with van der Waals surface area (Å²) >= 11 is 0. The summed E-state index contributed by atoms with van der Waals surface area (Å²) in [5, 5.41) is 49.5. The maximum Gasteiger partial charge on any atom is 0.331 e. The van der Waals surface area contributed by atoms with Crippen LogP contribution in [0.2, 0.25) is 0 Å². The summed E-state index contributed by atoms with van der Waals surface area (Å²) in [4.78, 5) is 12.3. The van der Waals surface area contributed by atoms with Gasteiger partial charge < -0.3 is 39.7 Å². The largest absolute Gasteiger partial charge is 0.508 e. The van der Waals surface area contributed by atoms with Crippen molar-refractivity contribution in [2.45, 2.75) is 68.6 Å². The van der Waals surface area contributed by atoms with Crippen molar-refractivity contribution in [3.05, 3.63) is 35.9 Å². The van der Waals surface area contributed by atoms with Crippen molar-refractivity contribution in [3.8, 4) is 5.75 Å². The summed E-state index contributed by atoms with van der Waals surface area (Å²) in [6, 6.07) is 6.14. The van der Waals surface area contributed by atoms with E-state index in [1.807, 2.05) is 0 Å². The smallest absolute Gasteiger partial charge is 0.331 e. The molecule has 1 aliphatic carbocycles. The van der Waals surface area contributed by atoms with Crippen LogP contribution in [0.25, 0.3) is 6.08 Å². The maximum absolute atomic E-state index is 12.3. The van der Waals surface area contributed by atoms with Crippen LogP contribution < -0.4 is 0 Å². The zero-order valence-electron chi connectivity index (χ0n) is 16.4. The van der Waals surface area contributed by atoms with E-state index >= 15 is 0 Å². The topological polar surface area (TPSA) is 146 Å². The molecule has 1 aromatic carbocycles. The van der Waals surface area contributed by atoms with Crippen LogP contribution in [0.15, 0.2) is 30.3 Å². The second kappa shape index (κ2) is 10.3. The number of hydrogen-bond donors (Lipinski definition) is 5. The Labute approximate surface area is 174 Å². The van der Waals surface area contributed by atoms with Crippen LogP contribution in [0.4, 0.5) is 0 Å². The molecule has 7 atom stereocenters. The van der Waals surface area contributed by atoms with Crippen LogP contribution in [0, 0.1) is 0 Å². The van der Waals surface area contributed by atoms with Crippen molar-refractivity contribution in [2.75, 3.05) is 6.61 Å². The van der Waals surface area contributed by atoms with Gasteiger partial charge >= 0.3 is 5.97 Å². The molecule has 30 heavy (non-hydrogen) atoms. The molecule has 0 spiro atoms. The zero-order chi connectivity index (χ0) is 21.7. The minimum Gasteiger partial charge on any atom is -0.508 e. The lowest BCUT2D eigenvalue weighted by atomic mass is 9.94. The van der Waals surface area contributed by atoms with Gasteiger partial charge in [0, 0.05) is 6.08 Å². The van der Waals surface area contributed by atoms with E-state index in [4.69, 9.17) is 14.2 Å². The Hall–Kier alpha value is -2.01. The average Bonchev–Trinajstić information content (AvgIpc) is 2.74. The van der Waals surface area contributed by atoms with Gasteiger partial charge in [-0.25, -0.2) is 4.79 Å². The molecule has 3 rings (SSSR count). The maximum atomic E-state index is 12.3. The lowest BCUT2D eigenvalue weighted by Gasteiger charge is -2.43. The quantitative estimate of drug-likeness (QED) is 0.316. The summed E-state index contributed by atoms with van der Waals surface area (Å²) in [5.74, 6) is -0.710. The van der Waals surface area contributed by atoms with Crippen LogP contribution in [0.1, 0.15) is 31.2 Å². The molecule has 1 saturated heterocycles. The number of hydrogen-bond acceptors (Lipinski definition) is 9. The number of phenols is 1. The molecule has 0 amide bonds. The summed E-state index contributed by atoms with van der Waals surface area (Å²) in [7, 11) is 0. The summed E-state index contributed by atoms with van der Waals surface area (Å²) in [6.45, 7) is -0.563. The second-order valence-corrected chi connectivity index (χ2v) is 7.56. The normalized spacial score (nSPS) is 34.7. The van der Waals surface area contributed by atoms with Crippen molar-refractivity contribution in [3.63, 3.8) is 0 Å².